The third-order valence-electron chi connectivity index (χ3n) is 9.29. The van der Waals surface area contributed by atoms with E-state index < -0.39 is 0 Å². The molecule has 0 atom stereocenters. The standard InChI is InChI=1S/C47H57N3O3S/c1-2-3-4-5-6-7-8-9-10-11-12-13-14-15-16-17-18-19-20-26-47(51)53-46-30-28-40-27-29-41(39-43(40)48-46)52-37-22-21-32-49-33-35-50(36-34-49)44-24-23-25-45-42(44)31-38-54-45/h3-4,6-7,9-10,12-13,15-16,18-19,23-25,27-31,38-39H,2,5,8,11,14,17,20-22,26,32-37H2,1H3. The van der Waals surface area contributed by atoms with E-state index in [-0.39, 0.29) is 5.97 Å². The van der Waals surface area contributed by atoms with Gasteiger partial charge in [-0.3, -0.25) is 9.69 Å². The third-order valence-corrected chi connectivity index (χ3v) is 10.2. The molecule has 0 N–H and O–H groups in total. The van der Waals surface area contributed by atoms with Crippen LogP contribution >= 0.6 is 11.3 Å². The van der Waals surface area contributed by atoms with Crippen molar-refractivity contribution in [2.45, 2.75) is 71.1 Å². The molecule has 0 spiro atoms. The maximum absolute atomic E-state index is 12.5. The van der Waals surface area contributed by atoms with Gasteiger partial charge in [-0.1, -0.05) is 85.9 Å². The monoisotopic (exact) mass is 743 g/mol. The van der Waals surface area contributed by atoms with Crippen LogP contribution in [0, 0.1) is 0 Å². The Bertz CT molecular complexity index is 1890. The number of hydrogen-bond donors (Lipinski definition) is 0. The van der Waals surface area contributed by atoms with Crippen LogP contribution in [-0.2, 0) is 4.79 Å². The Labute approximate surface area is 326 Å². The maximum Gasteiger partial charge on any atom is 0.312 e. The van der Waals surface area contributed by atoms with Crippen LogP contribution in [0.15, 0.2) is 133 Å². The van der Waals surface area contributed by atoms with Gasteiger partial charge in [0, 0.05) is 65.9 Å². The predicted octanol–water partition coefficient (Wildman–Crippen LogP) is 11.8. The van der Waals surface area contributed by atoms with Crippen LogP contribution in [0.3, 0.4) is 0 Å². The van der Waals surface area contributed by atoms with Crippen LogP contribution in [0.2, 0.25) is 0 Å². The number of aromatic nitrogens is 1. The Hall–Kier alpha value is -4.72. The molecule has 6 nitrogen and oxygen atoms in total. The average molecular weight is 744 g/mol. The van der Waals surface area contributed by atoms with Crippen LogP contribution in [-0.4, -0.2) is 55.2 Å². The molecule has 1 aliphatic rings. The van der Waals surface area contributed by atoms with E-state index in [1.54, 1.807) is 6.07 Å². The highest BCUT2D eigenvalue weighted by Crippen LogP contribution is 2.31. The second kappa shape index (κ2) is 23.8. The molecular formula is C47H57N3O3S. The summed E-state index contributed by atoms with van der Waals surface area (Å²) < 4.78 is 13.0. The van der Waals surface area contributed by atoms with Crippen molar-refractivity contribution in [3.05, 3.63) is 133 Å². The predicted molar refractivity (Wildman–Crippen MR) is 230 cm³/mol. The smallest absolute Gasteiger partial charge is 0.312 e. The molecule has 4 aromatic rings. The van der Waals surface area contributed by atoms with Gasteiger partial charge < -0.3 is 14.4 Å². The van der Waals surface area contributed by atoms with Gasteiger partial charge in [0.1, 0.15) is 5.75 Å². The number of nitrogens with zero attached hydrogens (tertiary/aromatic N) is 3. The number of esters is 1. The van der Waals surface area contributed by atoms with Gasteiger partial charge in [0.15, 0.2) is 0 Å². The Morgan fingerprint density at radius 3 is 2.13 bits per heavy atom. The summed E-state index contributed by atoms with van der Waals surface area (Å²) in [6.45, 7) is 8.22. The van der Waals surface area contributed by atoms with Crippen LogP contribution in [0.1, 0.15) is 71.1 Å². The Kier molecular flexibility index (Phi) is 17.9. The first-order valence-electron chi connectivity index (χ1n) is 19.8. The molecule has 0 amide bonds. The molecule has 0 saturated carbocycles. The third kappa shape index (κ3) is 14.3. The summed E-state index contributed by atoms with van der Waals surface area (Å²) in [6.07, 6.45) is 35.0. The summed E-state index contributed by atoms with van der Waals surface area (Å²) in [5.74, 6) is 0.821. The van der Waals surface area contributed by atoms with Gasteiger partial charge in [0.25, 0.3) is 0 Å². The molecule has 0 bridgehead atoms. The molecule has 0 aliphatic carbocycles. The molecule has 2 aromatic heterocycles. The number of unbranched alkanes of at least 4 members (excludes halogenated alkanes) is 1. The molecule has 7 heteroatoms. The van der Waals surface area contributed by atoms with Crippen molar-refractivity contribution in [3.63, 3.8) is 0 Å². The fourth-order valence-corrected chi connectivity index (χ4v) is 7.13. The summed E-state index contributed by atoms with van der Waals surface area (Å²) >= 11 is 1.81. The number of rotatable bonds is 22. The number of piperazine rings is 1. The molecular weight excluding hydrogens is 687 g/mol. The summed E-state index contributed by atoms with van der Waals surface area (Å²) in [4.78, 5) is 22.2. The zero-order valence-corrected chi connectivity index (χ0v) is 32.8. The molecule has 1 saturated heterocycles. The number of anilines is 1. The first-order valence-corrected chi connectivity index (χ1v) is 20.7. The van der Waals surface area contributed by atoms with E-state index in [0.29, 0.717) is 25.3 Å². The summed E-state index contributed by atoms with van der Waals surface area (Å²) in [7, 11) is 0. The fraction of sp³-hybridized carbons (Fsp3) is 0.362. The SMILES string of the molecule is CCC=CCC=CCC=CCC=CCC=CCC=CCCC(=O)Oc1ccc2ccc(OCCCCN3CCN(c4cccc5sccc45)CC3)cc2n1. The molecule has 5 rings (SSSR count). The highest BCUT2D eigenvalue weighted by atomic mass is 32.1. The first-order chi connectivity index (χ1) is 26.7. The zero-order valence-electron chi connectivity index (χ0n) is 32.0. The van der Waals surface area contributed by atoms with E-state index in [2.05, 4.69) is 118 Å². The summed E-state index contributed by atoms with van der Waals surface area (Å²) in [5, 5.41) is 4.54. The maximum atomic E-state index is 12.5. The number of ether oxygens (including phenoxy) is 2. The number of carbonyl (C=O) groups is 1. The van der Waals surface area contributed by atoms with Gasteiger partial charge in [0.05, 0.1) is 12.1 Å². The van der Waals surface area contributed by atoms with Gasteiger partial charge in [-0.05, 0) is 106 Å². The fourth-order valence-electron chi connectivity index (χ4n) is 6.33. The van der Waals surface area contributed by atoms with Crippen LogP contribution in [0.5, 0.6) is 11.6 Å². The van der Waals surface area contributed by atoms with E-state index in [1.807, 2.05) is 41.7 Å². The number of allylic oxidation sites excluding steroid dienone is 12. The van der Waals surface area contributed by atoms with Crippen LogP contribution in [0.25, 0.3) is 21.0 Å². The second-order valence-corrected chi connectivity index (χ2v) is 14.4. The van der Waals surface area contributed by atoms with Gasteiger partial charge in [-0.15, -0.1) is 11.3 Å². The topological polar surface area (TPSA) is 54.9 Å². The Morgan fingerprint density at radius 2 is 1.43 bits per heavy atom. The van der Waals surface area contributed by atoms with E-state index in [4.69, 9.17) is 9.47 Å². The van der Waals surface area contributed by atoms with E-state index in [0.717, 1.165) is 101 Å². The van der Waals surface area contributed by atoms with Crippen molar-refractivity contribution < 1.29 is 14.3 Å². The number of hydrogen-bond acceptors (Lipinski definition) is 7. The quantitative estimate of drug-likeness (QED) is 0.0454. The minimum absolute atomic E-state index is 0.282. The highest BCUT2D eigenvalue weighted by molar-refractivity contribution is 7.17. The Balaban J connectivity index is 0.907. The van der Waals surface area contributed by atoms with Gasteiger partial charge in [-0.25, -0.2) is 4.98 Å². The lowest BCUT2D eigenvalue weighted by Crippen LogP contribution is -2.46. The minimum atomic E-state index is -0.282. The lowest BCUT2D eigenvalue weighted by Gasteiger charge is -2.36. The van der Waals surface area contributed by atoms with Crippen molar-refractivity contribution in [1.82, 2.24) is 9.88 Å². The molecule has 0 radical (unpaired) electrons. The van der Waals surface area contributed by atoms with E-state index in [9.17, 15) is 4.79 Å². The molecule has 3 heterocycles. The van der Waals surface area contributed by atoms with Gasteiger partial charge >= 0.3 is 5.97 Å². The Morgan fingerprint density at radius 1 is 0.759 bits per heavy atom. The van der Waals surface area contributed by atoms with E-state index >= 15 is 0 Å². The van der Waals surface area contributed by atoms with Crippen molar-refractivity contribution >= 4 is 44.0 Å². The highest BCUT2D eigenvalue weighted by Gasteiger charge is 2.18. The number of pyridine rings is 1. The molecule has 284 valence electrons. The molecule has 54 heavy (non-hydrogen) atoms. The molecule has 0 unspecified atom stereocenters. The summed E-state index contributed by atoms with van der Waals surface area (Å²) in [5.41, 5.74) is 2.12. The lowest BCUT2D eigenvalue weighted by atomic mass is 10.2. The van der Waals surface area contributed by atoms with Crippen molar-refractivity contribution in [2.75, 3.05) is 44.2 Å². The second-order valence-electron chi connectivity index (χ2n) is 13.4. The zero-order chi connectivity index (χ0) is 37.5. The first kappa shape index (κ1) is 40.5. The van der Waals surface area contributed by atoms with E-state index in [1.165, 1.54) is 15.8 Å². The van der Waals surface area contributed by atoms with Gasteiger partial charge in [0.2, 0.25) is 5.88 Å². The van der Waals surface area contributed by atoms with Gasteiger partial charge in [-0.2, -0.15) is 0 Å². The average Bonchev–Trinajstić information content (AvgIpc) is 3.68. The van der Waals surface area contributed by atoms with Crippen molar-refractivity contribution in [2.24, 2.45) is 0 Å². The number of fused-ring (bicyclic) bond motifs is 2. The largest absolute Gasteiger partial charge is 0.494 e. The number of carbonyl (C=O) groups excluding carboxylic acids is 1. The molecule has 1 fully saturated rings. The van der Waals surface area contributed by atoms with Crippen molar-refractivity contribution in [3.8, 4) is 11.6 Å². The van der Waals surface area contributed by atoms with Crippen molar-refractivity contribution in [1.29, 1.82) is 0 Å². The van der Waals surface area contributed by atoms with Crippen LogP contribution in [0.4, 0.5) is 5.69 Å². The molecule has 1 aliphatic heterocycles. The lowest BCUT2D eigenvalue weighted by molar-refractivity contribution is -0.134. The number of thiophene rings is 1. The number of benzene rings is 2. The minimum Gasteiger partial charge on any atom is -0.494 e. The summed E-state index contributed by atoms with van der Waals surface area (Å²) in [6, 6.07) is 18.5. The normalized spacial score (nSPS) is 14.5. The van der Waals surface area contributed by atoms with Crippen LogP contribution < -0.4 is 14.4 Å². The molecule has 2 aromatic carbocycles.